The molecule has 0 spiro atoms. The molecule has 1 amide bonds. The summed E-state index contributed by atoms with van der Waals surface area (Å²) in [6.07, 6.45) is 0. The van der Waals surface area contributed by atoms with Crippen molar-refractivity contribution in [3.05, 3.63) is 35.9 Å². The maximum Gasteiger partial charge on any atom is 0.324 e. The first-order chi connectivity index (χ1) is 9.30. The van der Waals surface area contributed by atoms with Crippen LogP contribution in [0.15, 0.2) is 30.3 Å². The van der Waals surface area contributed by atoms with Crippen molar-refractivity contribution in [3.63, 3.8) is 0 Å². The Bertz CT molecular complexity index is 452. The lowest BCUT2D eigenvalue weighted by atomic mass is 9.86. The van der Waals surface area contributed by atoms with Crippen LogP contribution in [0, 0.1) is 5.41 Å². The third-order valence-corrected chi connectivity index (χ3v) is 2.81. The number of esters is 1. The first-order valence-corrected chi connectivity index (χ1v) is 6.53. The molecule has 110 valence electrons. The number of hydrogen-bond donors (Lipinski definition) is 2. The SMILES string of the molecule is CC(C)(C)C(NCC(N)=O)C(=O)OCc1ccccc1. The molecule has 0 bridgehead atoms. The monoisotopic (exact) mass is 278 g/mol. The van der Waals surface area contributed by atoms with Crippen LogP contribution >= 0.6 is 0 Å². The molecule has 1 aromatic carbocycles. The molecule has 3 N–H and O–H groups in total. The van der Waals surface area contributed by atoms with Crippen LogP contribution < -0.4 is 11.1 Å². The molecule has 5 nitrogen and oxygen atoms in total. The van der Waals surface area contributed by atoms with Gasteiger partial charge in [0.15, 0.2) is 0 Å². The number of rotatable bonds is 6. The molecular formula is C15H22N2O3. The van der Waals surface area contributed by atoms with Gasteiger partial charge in [0, 0.05) is 0 Å². The number of nitrogens with two attached hydrogens (primary N) is 1. The fraction of sp³-hybridized carbons (Fsp3) is 0.467. The van der Waals surface area contributed by atoms with Gasteiger partial charge in [-0.05, 0) is 11.0 Å². The third kappa shape index (κ3) is 5.40. The molecule has 5 heteroatoms. The number of nitrogens with one attached hydrogen (secondary N) is 1. The Balaban J connectivity index is 2.61. The highest BCUT2D eigenvalue weighted by Crippen LogP contribution is 2.20. The van der Waals surface area contributed by atoms with Crippen LogP contribution in [0.4, 0.5) is 0 Å². The Morgan fingerprint density at radius 2 is 1.85 bits per heavy atom. The van der Waals surface area contributed by atoms with Crippen molar-refractivity contribution in [1.82, 2.24) is 5.32 Å². The number of benzene rings is 1. The lowest BCUT2D eigenvalue weighted by Crippen LogP contribution is -2.49. The molecule has 0 aliphatic heterocycles. The van der Waals surface area contributed by atoms with Crippen LogP contribution in [0.3, 0.4) is 0 Å². The van der Waals surface area contributed by atoms with Crippen molar-refractivity contribution in [3.8, 4) is 0 Å². The van der Waals surface area contributed by atoms with E-state index < -0.39 is 11.9 Å². The molecule has 0 radical (unpaired) electrons. The van der Waals surface area contributed by atoms with Gasteiger partial charge in [0.1, 0.15) is 12.6 Å². The van der Waals surface area contributed by atoms with E-state index in [1.165, 1.54) is 0 Å². The molecule has 20 heavy (non-hydrogen) atoms. The van der Waals surface area contributed by atoms with E-state index in [2.05, 4.69) is 5.32 Å². The summed E-state index contributed by atoms with van der Waals surface area (Å²) >= 11 is 0. The van der Waals surface area contributed by atoms with Gasteiger partial charge in [0.2, 0.25) is 5.91 Å². The van der Waals surface area contributed by atoms with Crippen molar-refractivity contribution in [1.29, 1.82) is 0 Å². The van der Waals surface area contributed by atoms with E-state index in [0.29, 0.717) is 0 Å². The highest BCUT2D eigenvalue weighted by Gasteiger charge is 2.32. The van der Waals surface area contributed by atoms with Gasteiger partial charge in [-0.3, -0.25) is 14.9 Å². The van der Waals surface area contributed by atoms with E-state index in [9.17, 15) is 9.59 Å². The van der Waals surface area contributed by atoms with Crippen molar-refractivity contribution < 1.29 is 14.3 Å². The molecule has 1 aromatic rings. The van der Waals surface area contributed by atoms with Gasteiger partial charge >= 0.3 is 5.97 Å². The van der Waals surface area contributed by atoms with Gasteiger partial charge in [-0.25, -0.2) is 0 Å². The van der Waals surface area contributed by atoms with Crippen LogP contribution in [0.1, 0.15) is 26.3 Å². The van der Waals surface area contributed by atoms with Gasteiger partial charge in [-0.2, -0.15) is 0 Å². The molecule has 0 aliphatic rings. The first kappa shape index (κ1) is 16.2. The van der Waals surface area contributed by atoms with E-state index in [1.807, 2.05) is 51.1 Å². The first-order valence-electron chi connectivity index (χ1n) is 6.53. The number of primary amides is 1. The Morgan fingerprint density at radius 3 is 2.35 bits per heavy atom. The number of amides is 1. The highest BCUT2D eigenvalue weighted by atomic mass is 16.5. The Labute approximate surface area is 119 Å². The minimum atomic E-state index is -0.585. The van der Waals surface area contributed by atoms with Crippen LogP contribution in [-0.2, 0) is 20.9 Å². The summed E-state index contributed by atoms with van der Waals surface area (Å²) in [6, 6.07) is 8.86. The number of ether oxygens (including phenoxy) is 1. The summed E-state index contributed by atoms with van der Waals surface area (Å²) in [6.45, 7) is 5.85. The molecule has 0 aromatic heterocycles. The zero-order valence-corrected chi connectivity index (χ0v) is 12.2. The fourth-order valence-electron chi connectivity index (χ4n) is 1.76. The van der Waals surface area contributed by atoms with Gasteiger partial charge in [0.05, 0.1) is 6.54 Å². The number of carbonyl (C=O) groups is 2. The Hall–Kier alpha value is -1.88. The second-order valence-electron chi connectivity index (χ2n) is 5.74. The minimum Gasteiger partial charge on any atom is -0.460 e. The molecule has 0 aliphatic carbocycles. The van der Waals surface area contributed by atoms with Crippen LogP contribution in [0.25, 0.3) is 0 Å². The van der Waals surface area contributed by atoms with Gasteiger partial charge < -0.3 is 10.5 Å². The third-order valence-electron chi connectivity index (χ3n) is 2.81. The second-order valence-corrected chi connectivity index (χ2v) is 5.74. The minimum absolute atomic E-state index is 0.0532. The maximum absolute atomic E-state index is 12.1. The van der Waals surface area contributed by atoms with Crippen LogP contribution in [-0.4, -0.2) is 24.5 Å². The highest BCUT2D eigenvalue weighted by molar-refractivity contribution is 5.79. The molecular weight excluding hydrogens is 256 g/mol. The summed E-state index contributed by atoms with van der Waals surface area (Å²) in [4.78, 5) is 23.0. The zero-order valence-electron chi connectivity index (χ0n) is 12.2. The molecule has 1 atom stereocenters. The van der Waals surface area contributed by atoms with Crippen LogP contribution in [0.5, 0.6) is 0 Å². The topological polar surface area (TPSA) is 81.4 Å². The maximum atomic E-state index is 12.1. The summed E-state index contributed by atoms with van der Waals surface area (Å²) in [5, 5.41) is 2.85. The van der Waals surface area contributed by atoms with E-state index in [-0.39, 0.29) is 24.5 Å². The summed E-state index contributed by atoms with van der Waals surface area (Å²) in [7, 11) is 0. The van der Waals surface area contributed by atoms with Crippen LogP contribution in [0.2, 0.25) is 0 Å². The molecule has 1 unspecified atom stereocenters. The molecule has 1 rings (SSSR count). The molecule has 0 heterocycles. The fourth-order valence-corrected chi connectivity index (χ4v) is 1.76. The van der Waals surface area contributed by atoms with Crippen molar-refractivity contribution in [2.24, 2.45) is 11.1 Å². The van der Waals surface area contributed by atoms with Crippen molar-refractivity contribution >= 4 is 11.9 Å². The largest absolute Gasteiger partial charge is 0.460 e. The molecule has 0 fully saturated rings. The van der Waals surface area contributed by atoms with Gasteiger partial charge in [-0.1, -0.05) is 51.1 Å². The average Bonchev–Trinajstić information content (AvgIpc) is 2.35. The van der Waals surface area contributed by atoms with E-state index in [4.69, 9.17) is 10.5 Å². The van der Waals surface area contributed by atoms with Gasteiger partial charge in [0.25, 0.3) is 0 Å². The molecule has 0 saturated heterocycles. The van der Waals surface area contributed by atoms with E-state index >= 15 is 0 Å². The van der Waals surface area contributed by atoms with Crippen molar-refractivity contribution in [2.45, 2.75) is 33.4 Å². The van der Waals surface area contributed by atoms with E-state index in [0.717, 1.165) is 5.56 Å². The quantitative estimate of drug-likeness (QED) is 0.767. The summed E-state index contributed by atoms with van der Waals surface area (Å²) in [5.41, 5.74) is 5.64. The second kappa shape index (κ2) is 7.05. The number of hydrogen-bond acceptors (Lipinski definition) is 4. The zero-order chi connectivity index (χ0) is 15.2. The predicted octanol–water partition coefficient (Wildman–Crippen LogP) is 1.22. The molecule has 0 saturated carbocycles. The Morgan fingerprint density at radius 1 is 1.25 bits per heavy atom. The van der Waals surface area contributed by atoms with Gasteiger partial charge in [-0.15, -0.1) is 0 Å². The summed E-state index contributed by atoms with van der Waals surface area (Å²) in [5.74, 6) is -0.891. The normalized spacial score (nSPS) is 12.8. The smallest absolute Gasteiger partial charge is 0.324 e. The lowest BCUT2D eigenvalue weighted by Gasteiger charge is -2.29. The predicted molar refractivity (Wildman–Crippen MR) is 76.7 cm³/mol. The Kier molecular flexibility index (Phi) is 5.70. The summed E-state index contributed by atoms with van der Waals surface area (Å²) < 4.78 is 5.30. The van der Waals surface area contributed by atoms with E-state index in [1.54, 1.807) is 0 Å². The average molecular weight is 278 g/mol. The number of carbonyl (C=O) groups excluding carboxylic acids is 2. The lowest BCUT2D eigenvalue weighted by molar-refractivity contribution is -0.150. The standard InChI is InChI=1S/C15H22N2O3/c1-15(2,3)13(17-9-12(16)18)14(19)20-10-11-7-5-4-6-8-11/h4-8,13,17H,9-10H2,1-3H3,(H2,16,18). The van der Waals surface area contributed by atoms with Crippen molar-refractivity contribution in [2.75, 3.05) is 6.54 Å².